The maximum atomic E-state index is 11.6. The van der Waals surface area contributed by atoms with Gasteiger partial charge in [-0.15, -0.1) is 0 Å². The van der Waals surface area contributed by atoms with E-state index in [-0.39, 0.29) is 0 Å². The van der Waals surface area contributed by atoms with Crippen LogP contribution in [0.2, 0.25) is 0 Å². The molecule has 2 N–H and O–H groups in total. The Labute approximate surface area is 88.1 Å². The summed E-state index contributed by atoms with van der Waals surface area (Å²) in [4.78, 5) is 0. The molecule has 0 amide bonds. The largest absolute Gasteiger partial charge is 0.618 e. The van der Waals surface area contributed by atoms with Gasteiger partial charge in [0.1, 0.15) is 5.69 Å². The highest BCUT2D eigenvalue weighted by Gasteiger charge is 2.09. The molecule has 2 rings (SSSR count). The molecule has 0 fully saturated rings. The van der Waals surface area contributed by atoms with Gasteiger partial charge in [0.25, 0.3) is 0 Å². The van der Waals surface area contributed by atoms with Crippen molar-refractivity contribution < 1.29 is 4.73 Å². The van der Waals surface area contributed by atoms with Crippen molar-refractivity contribution in [3.8, 4) is 0 Å². The molecule has 4 heteroatoms. The molecule has 4 nitrogen and oxygen atoms in total. The second-order valence-electron chi connectivity index (χ2n) is 3.30. The standard InChI is InChI=1S/C11H13N3O/c1-12-9-6-8-4-3-5-14(15)11(8)10(7-9)13-2/h3-7,12-13H,1-2H3. The Hall–Kier alpha value is -1.97. The van der Waals surface area contributed by atoms with Gasteiger partial charge < -0.3 is 15.8 Å². The summed E-state index contributed by atoms with van der Waals surface area (Å²) >= 11 is 0. The Morgan fingerprint density at radius 1 is 1.20 bits per heavy atom. The molecule has 78 valence electrons. The summed E-state index contributed by atoms with van der Waals surface area (Å²) in [7, 11) is 3.66. The number of rotatable bonds is 2. The van der Waals surface area contributed by atoms with Crippen LogP contribution >= 0.6 is 0 Å². The summed E-state index contributed by atoms with van der Waals surface area (Å²) in [5.41, 5.74) is 2.48. The van der Waals surface area contributed by atoms with Gasteiger partial charge in [0.15, 0.2) is 6.20 Å². The van der Waals surface area contributed by atoms with Crippen molar-refractivity contribution in [2.45, 2.75) is 0 Å². The van der Waals surface area contributed by atoms with Crippen LogP contribution in [-0.2, 0) is 0 Å². The van der Waals surface area contributed by atoms with Crippen LogP contribution in [0.1, 0.15) is 0 Å². The predicted molar refractivity (Wildman–Crippen MR) is 62.0 cm³/mol. The van der Waals surface area contributed by atoms with Crippen LogP contribution in [0.3, 0.4) is 0 Å². The van der Waals surface area contributed by atoms with Crippen LogP contribution in [0.15, 0.2) is 30.5 Å². The Balaban J connectivity index is 2.81. The SMILES string of the molecule is CNc1cc(NC)c2c(ccc[n+]2[O-])c1. The normalized spacial score (nSPS) is 10.3. The van der Waals surface area contributed by atoms with Crippen LogP contribution in [0, 0.1) is 5.21 Å². The highest BCUT2D eigenvalue weighted by atomic mass is 16.5. The topological polar surface area (TPSA) is 51.0 Å². The van der Waals surface area contributed by atoms with Crippen molar-refractivity contribution in [3.63, 3.8) is 0 Å². The van der Waals surface area contributed by atoms with E-state index in [2.05, 4.69) is 10.6 Å². The minimum Gasteiger partial charge on any atom is -0.618 e. The lowest BCUT2D eigenvalue weighted by molar-refractivity contribution is -0.576. The van der Waals surface area contributed by atoms with Crippen molar-refractivity contribution >= 4 is 22.3 Å². The zero-order valence-corrected chi connectivity index (χ0v) is 8.74. The number of fused-ring (bicyclic) bond motifs is 1. The number of nitrogens with one attached hydrogen (secondary N) is 2. The van der Waals surface area contributed by atoms with Gasteiger partial charge in [-0.05, 0) is 18.2 Å². The first-order valence-electron chi connectivity index (χ1n) is 4.77. The van der Waals surface area contributed by atoms with E-state index in [0.29, 0.717) is 5.52 Å². The highest BCUT2D eigenvalue weighted by molar-refractivity contribution is 5.91. The summed E-state index contributed by atoms with van der Waals surface area (Å²) in [6, 6.07) is 7.53. The Bertz CT molecular complexity index is 496. The summed E-state index contributed by atoms with van der Waals surface area (Å²) in [5, 5.41) is 18.6. The second-order valence-corrected chi connectivity index (χ2v) is 3.30. The van der Waals surface area contributed by atoms with Gasteiger partial charge in [-0.3, -0.25) is 0 Å². The number of aromatic nitrogens is 1. The minimum atomic E-state index is 0.666. The van der Waals surface area contributed by atoms with Gasteiger partial charge in [0.05, 0.1) is 5.39 Å². The van der Waals surface area contributed by atoms with Gasteiger partial charge in [0, 0.05) is 25.8 Å². The Morgan fingerprint density at radius 2 is 2.00 bits per heavy atom. The molecule has 2 aromatic rings. The van der Waals surface area contributed by atoms with Crippen molar-refractivity contribution in [2.75, 3.05) is 24.7 Å². The quantitative estimate of drug-likeness (QED) is 0.575. The van der Waals surface area contributed by atoms with Gasteiger partial charge in [-0.1, -0.05) is 0 Å². The molecule has 0 atom stereocenters. The van der Waals surface area contributed by atoms with E-state index in [1.165, 1.54) is 6.20 Å². The molecule has 0 bridgehead atoms. The van der Waals surface area contributed by atoms with Crippen molar-refractivity contribution in [1.29, 1.82) is 0 Å². The zero-order valence-electron chi connectivity index (χ0n) is 8.74. The highest BCUT2D eigenvalue weighted by Crippen LogP contribution is 2.24. The molecule has 0 saturated carbocycles. The number of hydrogen-bond acceptors (Lipinski definition) is 3. The van der Waals surface area contributed by atoms with E-state index in [9.17, 15) is 5.21 Å². The first-order chi connectivity index (χ1) is 7.26. The maximum Gasteiger partial charge on any atom is 0.247 e. The third kappa shape index (κ3) is 1.54. The number of nitrogens with zero attached hydrogens (tertiary/aromatic N) is 1. The molecule has 15 heavy (non-hydrogen) atoms. The molecule has 1 aromatic heterocycles. The van der Waals surface area contributed by atoms with Gasteiger partial charge >= 0.3 is 0 Å². The molecule has 0 unspecified atom stereocenters. The number of pyridine rings is 1. The molecule has 0 radical (unpaired) electrons. The van der Waals surface area contributed by atoms with Crippen LogP contribution in [0.5, 0.6) is 0 Å². The van der Waals surface area contributed by atoms with E-state index < -0.39 is 0 Å². The molecular weight excluding hydrogens is 190 g/mol. The molecule has 1 aromatic carbocycles. The molecule has 0 aliphatic rings. The lowest BCUT2D eigenvalue weighted by Crippen LogP contribution is -2.26. The van der Waals surface area contributed by atoms with E-state index in [1.54, 1.807) is 13.1 Å². The van der Waals surface area contributed by atoms with Crippen LogP contribution in [-0.4, -0.2) is 14.1 Å². The van der Waals surface area contributed by atoms with E-state index >= 15 is 0 Å². The van der Waals surface area contributed by atoms with Crippen molar-refractivity contribution in [3.05, 3.63) is 35.7 Å². The van der Waals surface area contributed by atoms with E-state index in [1.807, 2.05) is 25.2 Å². The molecule has 0 aliphatic carbocycles. The molecule has 0 saturated heterocycles. The zero-order chi connectivity index (χ0) is 10.8. The van der Waals surface area contributed by atoms with Crippen molar-refractivity contribution in [1.82, 2.24) is 0 Å². The first-order valence-corrected chi connectivity index (χ1v) is 4.77. The summed E-state index contributed by atoms with van der Waals surface area (Å²) in [5.74, 6) is 0. The number of anilines is 2. The van der Waals surface area contributed by atoms with Gasteiger partial charge in [-0.2, -0.15) is 4.73 Å². The lowest BCUT2D eigenvalue weighted by Gasteiger charge is -2.09. The number of benzene rings is 1. The Morgan fingerprint density at radius 3 is 2.67 bits per heavy atom. The van der Waals surface area contributed by atoms with Crippen LogP contribution in [0.4, 0.5) is 11.4 Å². The third-order valence-electron chi connectivity index (χ3n) is 2.42. The summed E-state index contributed by atoms with van der Waals surface area (Å²) < 4.78 is 0.876. The lowest BCUT2D eigenvalue weighted by atomic mass is 10.1. The van der Waals surface area contributed by atoms with E-state index in [0.717, 1.165) is 21.5 Å². The van der Waals surface area contributed by atoms with Crippen LogP contribution < -0.4 is 15.4 Å². The summed E-state index contributed by atoms with van der Waals surface area (Å²) in [6.07, 6.45) is 1.50. The first kappa shape index (κ1) is 9.58. The smallest absolute Gasteiger partial charge is 0.247 e. The van der Waals surface area contributed by atoms with Gasteiger partial charge in [-0.25, -0.2) is 0 Å². The average Bonchev–Trinajstić information content (AvgIpc) is 2.27. The maximum absolute atomic E-state index is 11.6. The molecule has 1 heterocycles. The molecular formula is C11H13N3O. The number of hydrogen-bond donors (Lipinski definition) is 2. The average molecular weight is 203 g/mol. The fourth-order valence-electron chi connectivity index (χ4n) is 1.66. The third-order valence-corrected chi connectivity index (χ3v) is 2.42. The second kappa shape index (κ2) is 3.65. The molecule has 0 spiro atoms. The Kier molecular flexibility index (Phi) is 2.33. The molecule has 0 aliphatic heterocycles. The van der Waals surface area contributed by atoms with Crippen LogP contribution in [0.25, 0.3) is 10.9 Å². The van der Waals surface area contributed by atoms with E-state index in [4.69, 9.17) is 0 Å². The van der Waals surface area contributed by atoms with Crippen molar-refractivity contribution in [2.24, 2.45) is 0 Å². The predicted octanol–water partition coefficient (Wildman–Crippen LogP) is 1.56. The van der Waals surface area contributed by atoms with Gasteiger partial charge in [0.2, 0.25) is 5.52 Å². The minimum absolute atomic E-state index is 0.666. The fourth-order valence-corrected chi connectivity index (χ4v) is 1.66. The fraction of sp³-hybridized carbons (Fsp3) is 0.182. The summed E-state index contributed by atoms with van der Waals surface area (Å²) in [6.45, 7) is 0. The monoisotopic (exact) mass is 203 g/mol.